The second-order valence-corrected chi connectivity index (χ2v) is 3.50. The van der Waals surface area contributed by atoms with E-state index >= 15 is 0 Å². The Morgan fingerprint density at radius 2 is 2.22 bits per heavy atom. The van der Waals surface area contributed by atoms with Crippen molar-refractivity contribution >= 4 is 5.97 Å². The van der Waals surface area contributed by atoms with Crippen LogP contribution in [0.25, 0.3) is 0 Å². The number of aliphatic carboxylic acids is 1. The molecule has 0 aliphatic rings. The maximum atomic E-state index is 12.2. The van der Waals surface area contributed by atoms with Crippen LogP contribution in [0, 0.1) is 11.3 Å². The highest BCUT2D eigenvalue weighted by atomic mass is 19.3. The van der Waals surface area contributed by atoms with E-state index in [0.717, 1.165) is 0 Å². The number of aryl methyl sites for hydroxylation is 1. The molecule has 0 unspecified atom stereocenters. The molecule has 0 aromatic heterocycles. The summed E-state index contributed by atoms with van der Waals surface area (Å²) < 4.78 is 28.7. The lowest BCUT2D eigenvalue weighted by atomic mass is 9.99. The first-order valence-electron chi connectivity index (χ1n) is 5.19. The Morgan fingerprint density at radius 1 is 1.50 bits per heavy atom. The van der Waals surface area contributed by atoms with E-state index in [-0.39, 0.29) is 17.7 Å². The van der Waals surface area contributed by atoms with Gasteiger partial charge in [-0.1, -0.05) is 12.1 Å². The van der Waals surface area contributed by atoms with Crippen molar-refractivity contribution in [1.82, 2.24) is 0 Å². The number of nitrogens with zero attached hydrogens (tertiary/aromatic N) is 1. The lowest BCUT2D eigenvalue weighted by molar-refractivity contribution is -0.136. The third-order valence-electron chi connectivity index (χ3n) is 2.28. The van der Waals surface area contributed by atoms with Crippen molar-refractivity contribution in [3.05, 3.63) is 29.3 Å². The molecule has 0 radical (unpaired) electrons. The molecule has 0 saturated carbocycles. The van der Waals surface area contributed by atoms with Gasteiger partial charge in [-0.15, -0.1) is 0 Å². The van der Waals surface area contributed by atoms with Gasteiger partial charge in [0.1, 0.15) is 5.75 Å². The molecule has 1 aromatic carbocycles. The van der Waals surface area contributed by atoms with E-state index in [2.05, 4.69) is 4.74 Å². The van der Waals surface area contributed by atoms with Crippen molar-refractivity contribution in [3.63, 3.8) is 0 Å². The second kappa shape index (κ2) is 6.55. The number of benzene rings is 1. The zero-order chi connectivity index (χ0) is 13.5. The minimum atomic E-state index is -3.01. The van der Waals surface area contributed by atoms with Crippen LogP contribution in [0.4, 0.5) is 8.78 Å². The highest BCUT2D eigenvalue weighted by Gasteiger charge is 2.15. The molecule has 1 aromatic rings. The Morgan fingerprint density at radius 3 is 2.78 bits per heavy atom. The summed E-state index contributed by atoms with van der Waals surface area (Å²) in [6.07, 6.45) is 0.0773. The van der Waals surface area contributed by atoms with Gasteiger partial charge in [-0.25, -0.2) is 0 Å². The average Bonchev–Trinajstić information content (AvgIpc) is 2.28. The molecule has 0 amide bonds. The van der Waals surface area contributed by atoms with E-state index in [1.54, 1.807) is 6.07 Å². The molecular formula is C12H11F2NO3. The number of ether oxygens (including phenoxy) is 1. The van der Waals surface area contributed by atoms with E-state index in [4.69, 9.17) is 10.4 Å². The first-order chi connectivity index (χ1) is 8.54. The number of alkyl halides is 2. The SMILES string of the molecule is N#CCCc1cccc(OC(F)F)c1CC(=O)O. The molecule has 18 heavy (non-hydrogen) atoms. The fraction of sp³-hybridized carbons (Fsp3) is 0.333. The monoisotopic (exact) mass is 255 g/mol. The second-order valence-electron chi connectivity index (χ2n) is 3.50. The van der Waals surface area contributed by atoms with Gasteiger partial charge in [-0.2, -0.15) is 14.0 Å². The van der Waals surface area contributed by atoms with Crippen molar-refractivity contribution in [3.8, 4) is 11.8 Å². The molecule has 0 atom stereocenters. The van der Waals surface area contributed by atoms with Crippen LogP contribution >= 0.6 is 0 Å². The minimum absolute atomic E-state index is 0.150. The van der Waals surface area contributed by atoms with Crippen molar-refractivity contribution < 1.29 is 23.4 Å². The molecule has 0 bridgehead atoms. The average molecular weight is 255 g/mol. The zero-order valence-corrected chi connectivity index (χ0v) is 9.40. The number of rotatable bonds is 6. The highest BCUT2D eigenvalue weighted by Crippen LogP contribution is 2.25. The van der Waals surface area contributed by atoms with Crippen LogP contribution in [-0.4, -0.2) is 17.7 Å². The molecular weight excluding hydrogens is 244 g/mol. The molecule has 0 fully saturated rings. The van der Waals surface area contributed by atoms with Gasteiger partial charge in [-0.3, -0.25) is 4.79 Å². The van der Waals surface area contributed by atoms with Gasteiger partial charge in [0.15, 0.2) is 0 Å². The third kappa shape index (κ3) is 4.01. The van der Waals surface area contributed by atoms with Crippen molar-refractivity contribution in [2.24, 2.45) is 0 Å². The van der Waals surface area contributed by atoms with Gasteiger partial charge in [-0.05, 0) is 18.1 Å². The molecule has 0 aliphatic carbocycles. The Balaban J connectivity index is 3.08. The van der Waals surface area contributed by atoms with Crippen LogP contribution in [0.5, 0.6) is 5.75 Å². The van der Waals surface area contributed by atoms with Crippen molar-refractivity contribution in [2.45, 2.75) is 25.9 Å². The van der Waals surface area contributed by atoms with Crippen LogP contribution < -0.4 is 4.74 Å². The van der Waals surface area contributed by atoms with E-state index in [1.807, 2.05) is 6.07 Å². The first kappa shape index (κ1) is 13.9. The summed E-state index contributed by atoms with van der Waals surface area (Å²) >= 11 is 0. The van der Waals surface area contributed by atoms with Gasteiger partial charge in [0, 0.05) is 12.0 Å². The topological polar surface area (TPSA) is 70.3 Å². The van der Waals surface area contributed by atoms with Crippen molar-refractivity contribution in [2.75, 3.05) is 0 Å². The van der Waals surface area contributed by atoms with Gasteiger partial charge >= 0.3 is 12.6 Å². The van der Waals surface area contributed by atoms with E-state index < -0.39 is 19.0 Å². The number of carbonyl (C=O) groups is 1. The largest absolute Gasteiger partial charge is 0.481 e. The van der Waals surface area contributed by atoms with E-state index in [9.17, 15) is 13.6 Å². The summed E-state index contributed by atoms with van der Waals surface area (Å²) in [5, 5.41) is 17.3. The predicted octanol–water partition coefficient (Wildman–Crippen LogP) is 2.37. The van der Waals surface area contributed by atoms with Crippen LogP contribution in [0.3, 0.4) is 0 Å². The van der Waals surface area contributed by atoms with Crippen LogP contribution in [0.2, 0.25) is 0 Å². The van der Waals surface area contributed by atoms with Crippen LogP contribution in [-0.2, 0) is 17.6 Å². The fourth-order valence-electron chi connectivity index (χ4n) is 1.59. The Hall–Kier alpha value is -2.16. The Bertz CT molecular complexity index is 469. The highest BCUT2D eigenvalue weighted by molar-refractivity contribution is 5.72. The first-order valence-corrected chi connectivity index (χ1v) is 5.19. The number of hydrogen-bond donors (Lipinski definition) is 1. The quantitative estimate of drug-likeness (QED) is 0.847. The summed E-state index contributed by atoms with van der Waals surface area (Å²) in [6.45, 7) is -3.01. The number of carboxylic acid groups (broad SMARTS) is 1. The molecule has 0 spiro atoms. The van der Waals surface area contributed by atoms with Gasteiger partial charge < -0.3 is 9.84 Å². The number of carboxylic acids is 1. The van der Waals surface area contributed by atoms with Gasteiger partial charge in [0.25, 0.3) is 0 Å². The molecule has 1 N–H and O–H groups in total. The third-order valence-corrected chi connectivity index (χ3v) is 2.28. The van der Waals surface area contributed by atoms with Crippen LogP contribution in [0.15, 0.2) is 18.2 Å². The maximum absolute atomic E-state index is 12.2. The molecule has 96 valence electrons. The lowest BCUT2D eigenvalue weighted by Gasteiger charge is -2.13. The zero-order valence-electron chi connectivity index (χ0n) is 9.40. The summed E-state index contributed by atoms with van der Waals surface area (Å²) in [5.41, 5.74) is 0.734. The number of hydrogen-bond acceptors (Lipinski definition) is 3. The molecule has 6 heteroatoms. The Labute approximate surface area is 102 Å². The summed E-state index contributed by atoms with van der Waals surface area (Å²) in [4.78, 5) is 10.7. The summed E-state index contributed by atoms with van der Waals surface area (Å²) in [6, 6.07) is 6.31. The van der Waals surface area contributed by atoms with E-state index in [1.165, 1.54) is 12.1 Å². The minimum Gasteiger partial charge on any atom is -0.481 e. The molecule has 0 saturated heterocycles. The molecule has 0 heterocycles. The number of halogens is 2. The maximum Gasteiger partial charge on any atom is 0.387 e. The Kier molecular flexibility index (Phi) is 5.06. The van der Waals surface area contributed by atoms with Crippen LogP contribution in [0.1, 0.15) is 17.5 Å². The molecule has 4 nitrogen and oxygen atoms in total. The lowest BCUT2D eigenvalue weighted by Crippen LogP contribution is -2.10. The van der Waals surface area contributed by atoms with Gasteiger partial charge in [0.2, 0.25) is 0 Å². The van der Waals surface area contributed by atoms with Crippen molar-refractivity contribution in [1.29, 1.82) is 5.26 Å². The summed E-state index contributed by atoms with van der Waals surface area (Å²) in [5.74, 6) is -1.29. The molecule has 1 rings (SSSR count). The predicted molar refractivity (Wildman–Crippen MR) is 58.3 cm³/mol. The molecule has 0 aliphatic heterocycles. The number of nitriles is 1. The summed E-state index contributed by atoms with van der Waals surface area (Å²) in [7, 11) is 0. The normalized spacial score (nSPS) is 10.1. The standard InChI is InChI=1S/C12H11F2NO3/c13-12(14)18-10-5-1-3-8(4-2-6-15)9(10)7-11(16)17/h1,3,5,12H,2,4,7H2,(H,16,17). The van der Waals surface area contributed by atoms with Gasteiger partial charge in [0.05, 0.1) is 12.5 Å². The fourth-order valence-corrected chi connectivity index (χ4v) is 1.59. The smallest absolute Gasteiger partial charge is 0.387 e. The van der Waals surface area contributed by atoms with E-state index in [0.29, 0.717) is 12.0 Å².